The molecule has 1 fully saturated rings. The molecule has 0 saturated carbocycles. The van der Waals surface area contributed by atoms with Crippen molar-refractivity contribution in [1.82, 2.24) is 4.90 Å². The van der Waals surface area contributed by atoms with Crippen LogP contribution in [-0.2, 0) is 4.74 Å². The van der Waals surface area contributed by atoms with E-state index < -0.39 is 0 Å². The number of para-hydroxylation sites is 1. The Morgan fingerprint density at radius 2 is 1.71 bits per heavy atom. The van der Waals surface area contributed by atoms with Crippen molar-refractivity contribution in [1.29, 1.82) is 0 Å². The third kappa shape index (κ3) is 11.0. The molecular weight excluding hydrogens is 458 g/mol. The zero-order valence-corrected chi connectivity index (χ0v) is 21.2. The van der Waals surface area contributed by atoms with Gasteiger partial charge in [0.25, 0.3) is 0 Å². The highest BCUT2D eigenvalue weighted by atomic mass is 32.2. The fourth-order valence-electron chi connectivity index (χ4n) is 3.77. The van der Waals surface area contributed by atoms with Gasteiger partial charge in [-0.15, -0.1) is 11.8 Å². The van der Waals surface area contributed by atoms with Gasteiger partial charge in [-0.2, -0.15) is 0 Å². The monoisotopic (exact) mass is 495 g/mol. The van der Waals surface area contributed by atoms with Crippen LogP contribution in [0.15, 0.2) is 89.6 Å². The molecule has 188 valence electrons. The molecule has 6 heteroatoms. The number of allylic oxidation sites excluding steroid dienone is 5. The zero-order chi connectivity index (χ0) is 24.6. The van der Waals surface area contributed by atoms with Gasteiger partial charge in [0.1, 0.15) is 29.6 Å². The molecule has 0 bridgehead atoms. The highest BCUT2D eigenvalue weighted by Gasteiger charge is 2.10. The van der Waals surface area contributed by atoms with Gasteiger partial charge in [0, 0.05) is 12.3 Å². The van der Waals surface area contributed by atoms with Crippen molar-refractivity contribution in [3.05, 3.63) is 84.7 Å². The van der Waals surface area contributed by atoms with E-state index >= 15 is 0 Å². The van der Waals surface area contributed by atoms with Gasteiger partial charge in [-0.05, 0) is 74.8 Å². The normalized spacial score (nSPS) is 17.1. The highest BCUT2D eigenvalue weighted by molar-refractivity contribution is 7.99. The molecular formula is C29H37NO4S. The van der Waals surface area contributed by atoms with Gasteiger partial charge < -0.3 is 19.7 Å². The smallest absolute Gasteiger partial charge is 0.133 e. The molecule has 0 amide bonds. The van der Waals surface area contributed by atoms with Crippen molar-refractivity contribution >= 4 is 11.8 Å². The minimum Gasteiger partial charge on any atom is -0.508 e. The van der Waals surface area contributed by atoms with E-state index in [1.54, 1.807) is 54.2 Å². The second kappa shape index (κ2) is 16.0. The van der Waals surface area contributed by atoms with Crippen LogP contribution in [0.5, 0.6) is 17.2 Å². The summed E-state index contributed by atoms with van der Waals surface area (Å²) in [6.07, 6.45) is 17.0. The lowest BCUT2D eigenvalue weighted by molar-refractivity contribution is 0.167. The molecule has 5 rings (SSSR count). The maximum atomic E-state index is 9.12. The zero-order valence-electron chi connectivity index (χ0n) is 20.4. The molecule has 35 heavy (non-hydrogen) atoms. The molecule has 1 aliphatic carbocycles. The number of likely N-dealkylation sites (tertiary alicyclic amines) is 1. The molecule has 2 heterocycles. The Morgan fingerprint density at radius 3 is 2.46 bits per heavy atom. The lowest BCUT2D eigenvalue weighted by atomic mass is 10.2. The SMILES string of the molecule is C1=CCC=CC(OCCN2CCCCCC2)=C1.Oc1ccc2c(c1)SCCO2.Oc1ccccc1. The van der Waals surface area contributed by atoms with Crippen molar-refractivity contribution in [3.8, 4) is 17.2 Å². The second-order valence-electron chi connectivity index (χ2n) is 8.40. The van der Waals surface area contributed by atoms with Gasteiger partial charge in [-0.25, -0.2) is 0 Å². The summed E-state index contributed by atoms with van der Waals surface area (Å²) in [5.74, 6) is 3.48. The Morgan fingerprint density at radius 1 is 0.914 bits per heavy atom. The van der Waals surface area contributed by atoms with Crippen molar-refractivity contribution < 1.29 is 19.7 Å². The first-order valence-corrected chi connectivity index (χ1v) is 13.4. The third-order valence-corrected chi connectivity index (χ3v) is 6.61. The quantitative estimate of drug-likeness (QED) is 0.502. The predicted octanol–water partition coefficient (Wildman–Crippen LogP) is 6.55. The van der Waals surface area contributed by atoms with E-state index in [0.717, 1.165) is 48.3 Å². The Labute approximate surface area is 213 Å². The standard InChI is InChI=1S/C15H23NO.C8H8O2S.C6H6O/c1-2-6-10-15(9-5-1)17-14-13-16-11-7-3-4-8-12-16;9-6-1-2-7-8(5-6)11-4-3-10-7;7-6-4-2-1-3-5-6/h1,5-6,9-10H,2-4,7-8,11-14H2;1-2,5,9H,3-4H2;1-5,7H. The molecule has 0 atom stereocenters. The summed E-state index contributed by atoms with van der Waals surface area (Å²) < 4.78 is 11.1. The fraction of sp³-hybridized carbons (Fsp3) is 0.379. The summed E-state index contributed by atoms with van der Waals surface area (Å²) in [7, 11) is 0. The van der Waals surface area contributed by atoms with E-state index in [1.807, 2.05) is 12.1 Å². The molecule has 5 nitrogen and oxygen atoms in total. The summed E-state index contributed by atoms with van der Waals surface area (Å²) >= 11 is 1.72. The van der Waals surface area contributed by atoms with Crippen molar-refractivity contribution in [2.75, 3.05) is 38.6 Å². The van der Waals surface area contributed by atoms with Gasteiger partial charge in [0.2, 0.25) is 0 Å². The molecule has 3 aliphatic rings. The Bertz CT molecular complexity index is 950. The first-order chi connectivity index (χ1) is 17.2. The van der Waals surface area contributed by atoms with Gasteiger partial charge in [0.15, 0.2) is 0 Å². The maximum Gasteiger partial charge on any atom is 0.133 e. The minimum atomic E-state index is 0.307. The van der Waals surface area contributed by atoms with Gasteiger partial charge in [-0.3, -0.25) is 4.90 Å². The fourth-order valence-corrected chi connectivity index (χ4v) is 4.63. The molecule has 2 aromatic rings. The first-order valence-electron chi connectivity index (χ1n) is 12.4. The van der Waals surface area contributed by atoms with E-state index in [4.69, 9.17) is 19.7 Å². The number of benzene rings is 2. The Hall–Kier alpha value is -2.83. The summed E-state index contributed by atoms with van der Waals surface area (Å²) in [6.45, 7) is 5.14. The van der Waals surface area contributed by atoms with Crippen molar-refractivity contribution in [2.24, 2.45) is 0 Å². The summed E-state index contributed by atoms with van der Waals surface area (Å²) in [6, 6.07) is 13.9. The predicted molar refractivity (Wildman–Crippen MR) is 144 cm³/mol. The molecule has 2 aromatic carbocycles. The molecule has 0 unspecified atom stereocenters. The summed E-state index contributed by atoms with van der Waals surface area (Å²) in [5.41, 5.74) is 0. The number of aromatic hydroxyl groups is 2. The van der Waals surface area contributed by atoms with Crippen LogP contribution < -0.4 is 4.74 Å². The molecule has 0 aromatic heterocycles. The average molecular weight is 496 g/mol. The average Bonchev–Trinajstić information content (AvgIpc) is 3.31. The number of thioether (sulfide) groups is 1. The first kappa shape index (κ1) is 26.8. The Balaban J connectivity index is 0.000000162. The number of fused-ring (bicyclic) bond motifs is 1. The van der Waals surface area contributed by atoms with Gasteiger partial charge >= 0.3 is 0 Å². The van der Waals surface area contributed by atoms with E-state index in [1.165, 1.54) is 38.8 Å². The van der Waals surface area contributed by atoms with Crippen LogP contribution in [0.1, 0.15) is 32.1 Å². The molecule has 0 spiro atoms. The van der Waals surface area contributed by atoms with Crippen LogP contribution in [0.3, 0.4) is 0 Å². The van der Waals surface area contributed by atoms with Crippen molar-refractivity contribution in [3.63, 3.8) is 0 Å². The van der Waals surface area contributed by atoms with E-state index in [2.05, 4.69) is 29.2 Å². The lowest BCUT2D eigenvalue weighted by Crippen LogP contribution is -2.28. The summed E-state index contributed by atoms with van der Waals surface area (Å²) in [4.78, 5) is 3.57. The largest absolute Gasteiger partial charge is 0.508 e. The summed E-state index contributed by atoms with van der Waals surface area (Å²) in [5, 5.41) is 17.8. The molecule has 2 N–H and O–H groups in total. The number of hydrogen-bond donors (Lipinski definition) is 2. The molecule has 0 radical (unpaired) electrons. The van der Waals surface area contributed by atoms with Gasteiger partial charge in [0.05, 0.1) is 11.5 Å². The topological polar surface area (TPSA) is 62.2 Å². The van der Waals surface area contributed by atoms with Crippen LogP contribution in [0.2, 0.25) is 0 Å². The highest BCUT2D eigenvalue weighted by Crippen LogP contribution is 2.35. The van der Waals surface area contributed by atoms with E-state index in [-0.39, 0.29) is 0 Å². The van der Waals surface area contributed by atoms with Crippen LogP contribution >= 0.6 is 11.8 Å². The van der Waals surface area contributed by atoms with Crippen LogP contribution in [0, 0.1) is 0 Å². The molecule has 2 aliphatic heterocycles. The van der Waals surface area contributed by atoms with E-state index in [0.29, 0.717) is 11.5 Å². The number of phenols is 2. The number of phenolic OH excluding ortho intramolecular Hbond substituents is 2. The van der Waals surface area contributed by atoms with Crippen LogP contribution in [-0.4, -0.2) is 53.7 Å². The van der Waals surface area contributed by atoms with Crippen LogP contribution in [0.4, 0.5) is 0 Å². The van der Waals surface area contributed by atoms with Gasteiger partial charge in [-0.1, -0.05) is 49.3 Å². The number of rotatable bonds is 4. The number of ether oxygens (including phenoxy) is 2. The van der Waals surface area contributed by atoms with Crippen LogP contribution in [0.25, 0.3) is 0 Å². The Kier molecular flexibility index (Phi) is 12.2. The number of nitrogens with zero attached hydrogens (tertiary/aromatic N) is 1. The van der Waals surface area contributed by atoms with Crippen molar-refractivity contribution in [2.45, 2.75) is 37.0 Å². The maximum absolute atomic E-state index is 9.12. The lowest BCUT2D eigenvalue weighted by Gasteiger charge is -2.19. The number of hydrogen-bond acceptors (Lipinski definition) is 6. The molecule has 1 saturated heterocycles. The van der Waals surface area contributed by atoms with E-state index in [9.17, 15) is 0 Å². The third-order valence-electron chi connectivity index (χ3n) is 5.61. The minimum absolute atomic E-state index is 0.307. The second-order valence-corrected chi connectivity index (χ2v) is 9.54.